The highest BCUT2D eigenvalue weighted by molar-refractivity contribution is 7.90. The molecule has 1 fully saturated rings. The number of ether oxygens (including phenoxy) is 2. The van der Waals surface area contributed by atoms with Gasteiger partial charge in [-0.3, -0.25) is 0 Å². The van der Waals surface area contributed by atoms with Crippen LogP contribution < -0.4 is 10.5 Å². The van der Waals surface area contributed by atoms with Gasteiger partial charge in [-0.1, -0.05) is 0 Å². The van der Waals surface area contributed by atoms with Crippen LogP contribution in [0.15, 0.2) is 35.4 Å². The minimum Gasteiger partial charge on any atom is -0.444 e. The molecule has 0 atom stereocenters. The number of nitrogens with zero attached hydrogens (tertiary/aromatic N) is 5. The molecule has 0 spiro atoms. The maximum atomic E-state index is 12.4. The standard InChI is InChI=1S/C22H28N6O5S/c1-22(2,3)33-21(29)27-11-9-14(10-12-27)28-18-17(13-24-28)19(26-20(23)25-18)32-15-5-7-16(8-6-15)34(4,30)31/h5-8,13-14H,9-12H2,1-4H3,(H2,23,25,26). The Morgan fingerprint density at radius 2 is 1.76 bits per heavy atom. The predicted molar refractivity (Wildman–Crippen MR) is 125 cm³/mol. The molecule has 12 heteroatoms. The number of nitrogen functional groups attached to an aromatic ring is 1. The molecule has 34 heavy (non-hydrogen) atoms. The average molecular weight is 489 g/mol. The average Bonchev–Trinajstić information content (AvgIpc) is 3.16. The predicted octanol–water partition coefficient (Wildman–Crippen LogP) is 3.18. The summed E-state index contributed by atoms with van der Waals surface area (Å²) in [7, 11) is -3.31. The van der Waals surface area contributed by atoms with Gasteiger partial charge >= 0.3 is 6.09 Å². The second kappa shape index (κ2) is 8.75. The quantitative estimate of drug-likeness (QED) is 0.585. The number of nitrogens with two attached hydrogens (primary N) is 1. The molecule has 3 heterocycles. The number of carbonyl (C=O) groups is 1. The number of benzene rings is 1. The summed E-state index contributed by atoms with van der Waals surface area (Å²) in [6.07, 6.45) is 3.81. The number of rotatable bonds is 4. The van der Waals surface area contributed by atoms with Crippen molar-refractivity contribution in [2.45, 2.75) is 50.2 Å². The topological polar surface area (TPSA) is 143 Å². The summed E-state index contributed by atoms with van der Waals surface area (Å²) >= 11 is 0. The van der Waals surface area contributed by atoms with E-state index in [9.17, 15) is 13.2 Å². The molecule has 1 saturated heterocycles. The zero-order chi connectivity index (χ0) is 24.7. The van der Waals surface area contributed by atoms with Crippen molar-refractivity contribution in [2.24, 2.45) is 0 Å². The Kier molecular flexibility index (Phi) is 6.11. The molecule has 182 valence electrons. The summed E-state index contributed by atoms with van der Waals surface area (Å²) < 4.78 is 36.5. The van der Waals surface area contributed by atoms with E-state index in [1.54, 1.807) is 27.9 Å². The van der Waals surface area contributed by atoms with Crippen molar-refractivity contribution in [3.63, 3.8) is 0 Å². The highest BCUT2D eigenvalue weighted by Crippen LogP contribution is 2.32. The molecule has 1 aromatic carbocycles. The van der Waals surface area contributed by atoms with Crippen molar-refractivity contribution < 1.29 is 22.7 Å². The summed E-state index contributed by atoms with van der Waals surface area (Å²) in [4.78, 5) is 22.8. The van der Waals surface area contributed by atoms with Gasteiger partial charge in [0.15, 0.2) is 15.5 Å². The number of hydrogen-bond acceptors (Lipinski definition) is 9. The number of sulfone groups is 1. The summed E-state index contributed by atoms with van der Waals surface area (Å²) in [5.41, 5.74) is 5.94. The first kappa shape index (κ1) is 23.7. The van der Waals surface area contributed by atoms with Crippen LogP contribution in [0.4, 0.5) is 10.7 Å². The molecule has 1 amide bonds. The van der Waals surface area contributed by atoms with Gasteiger partial charge in [0.05, 0.1) is 17.1 Å². The Morgan fingerprint density at radius 1 is 1.12 bits per heavy atom. The summed E-state index contributed by atoms with van der Waals surface area (Å²) in [5, 5.41) is 5.08. The smallest absolute Gasteiger partial charge is 0.410 e. The molecule has 11 nitrogen and oxygen atoms in total. The lowest BCUT2D eigenvalue weighted by Crippen LogP contribution is -2.42. The van der Waals surface area contributed by atoms with E-state index in [0.717, 1.165) is 6.26 Å². The van der Waals surface area contributed by atoms with Gasteiger partial charge in [-0.2, -0.15) is 15.1 Å². The Bertz CT molecular complexity index is 1310. The van der Waals surface area contributed by atoms with Crippen LogP contribution in [0.1, 0.15) is 39.7 Å². The van der Waals surface area contributed by atoms with Crippen LogP contribution in [-0.4, -0.2) is 64.1 Å². The van der Waals surface area contributed by atoms with Crippen molar-refractivity contribution in [1.29, 1.82) is 0 Å². The van der Waals surface area contributed by atoms with E-state index in [2.05, 4.69) is 15.1 Å². The maximum absolute atomic E-state index is 12.4. The first-order valence-corrected chi connectivity index (χ1v) is 12.8. The molecular formula is C22H28N6O5S. The van der Waals surface area contributed by atoms with Crippen LogP contribution in [0.25, 0.3) is 11.0 Å². The Balaban J connectivity index is 1.53. The fourth-order valence-corrected chi connectivity index (χ4v) is 4.38. The molecule has 2 aromatic heterocycles. The van der Waals surface area contributed by atoms with Crippen molar-refractivity contribution >= 4 is 32.9 Å². The van der Waals surface area contributed by atoms with Crippen LogP contribution >= 0.6 is 0 Å². The monoisotopic (exact) mass is 488 g/mol. The number of hydrogen-bond donors (Lipinski definition) is 1. The SMILES string of the molecule is CC(C)(C)OC(=O)N1CCC(n2ncc3c(Oc4ccc(S(C)(=O)=O)cc4)nc(N)nc32)CC1. The largest absolute Gasteiger partial charge is 0.444 e. The minimum absolute atomic E-state index is 0.0207. The molecule has 0 bridgehead atoms. The third kappa shape index (κ3) is 5.22. The van der Waals surface area contributed by atoms with E-state index in [4.69, 9.17) is 15.2 Å². The van der Waals surface area contributed by atoms with Gasteiger partial charge in [0.25, 0.3) is 0 Å². The molecule has 1 aliphatic heterocycles. The molecule has 0 radical (unpaired) electrons. The lowest BCUT2D eigenvalue weighted by atomic mass is 10.1. The number of carbonyl (C=O) groups excluding carboxylic acids is 1. The van der Waals surface area contributed by atoms with Crippen LogP contribution in [0.5, 0.6) is 11.6 Å². The van der Waals surface area contributed by atoms with Crippen molar-refractivity contribution in [2.75, 3.05) is 25.1 Å². The van der Waals surface area contributed by atoms with Gasteiger partial charge < -0.3 is 20.1 Å². The lowest BCUT2D eigenvalue weighted by Gasteiger charge is -2.33. The van der Waals surface area contributed by atoms with E-state index in [0.29, 0.717) is 42.7 Å². The van der Waals surface area contributed by atoms with E-state index in [1.165, 1.54) is 12.1 Å². The number of anilines is 1. The number of likely N-dealkylation sites (tertiary alicyclic amines) is 1. The number of fused-ring (bicyclic) bond motifs is 1. The maximum Gasteiger partial charge on any atom is 0.410 e. The number of amides is 1. The normalized spacial score (nSPS) is 15.5. The van der Waals surface area contributed by atoms with E-state index >= 15 is 0 Å². The van der Waals surface area contributed by atoms with E-state index in [-0.39, 0.29) is 28.9 Å². The Labute approximate surface area is 197 Å². The first-order chi connectivity index (χ1) is 15.9. The van der Waals surface area contributed by atoms with Crippen LogP contribution in [0.2, 0.25) is 0 Å². The number of piperidine rings is 1. The van der Waals surface area contributed by atoms with Gasteiger partial charge in [-0.25, -0.2) is 17.9 Å². The number of aromatic nitrogens is 4. The zero-order valence-electron chi connectivity index (χ0n) is 19.6. The van der Waals surface area contributed by atoms with Crippen LogP contribution in [0.3, 0.4) is 0 Å². The second-order valence-electron chi connectivity index (χ2n) is 9.26. The fraction of sp³-hybridized carbons (Fsp3) is 0.455. The molecule has 3 aromatic rings. The molecule has 0 unspecified atom stereocenters. The molecular weight excluding hydrogens is 460 g/mol. The van der Waals surface area contributed by atoms with E-state index in [1.807, 2.05) is 20.8 Å². The summed E-state index contributed by atoms with van der Waals surface area (Å²) in [6.45, 7) is 6.61. The summed E-state index contributed by atoms with van der Waals surface area (Å²) in [5.74, 6) is 0.667. The Hall–Kier alpha value is -3.41. The molecule has 0 saturated carbocycles. The molecule has 4 rings (SSSR count). The zero-order valence-corrected chi connectivity index (χ0v) is 20.4. The second-order valence-corrected chi connectivity index (χ2v) is 11.3. The highest BCUT2D eigenvalue weighted by atomic mass is 32.2. The van der Waals surface area contributed by atoms with Gasteiger partial charge in [0.1, 0.15) is 16.7 Å². The van der Waals surface area contributed by atoms with Gasteiger partial charge in [0.2, 0.25) is 11.8 Å². The Morgan fingerprint density at radius 3 is 2.35 bits per heavy atom. The van der Waals surface area contributed by atoms with Crippen molar-refractivity contribution in [3.05, 3.63) is 30.5 Å². The molecule has 0 aliphatic carbocycles. The first-order valence-electron chi connectivity index (χ1n) is 10.9. The van der Waals surface area contributed by atoms with Gasteiger partial charge in [0, 0.05) is 19.3 Å². The van der Waals surface area contributed by atoms with E-state index < -0.39 is 15.4 Å². The van der Waals surface area contributed by atoms with Gasteiger partial charge in [-0.05, 0) is 57.9 Å². The summed E-state index contributed by atoms with van der Waals surface area (Å²) in [6, 6.07) is 6.06. The minimum atomic E-state index is -3.31. The lowest BCUT2D eigenvalue weighted by molar-refractivity contribution is 0.0186. The van der Waals surface area contributed by atoms with Crippen molar-refractivity contribution in [1.82, 2.24) is 24.6 Å². The molecule has 1 aliphatic rings. The molecule has 2 N–H and O–H groups in total. The third-order valence-corrected chi connectivity index (χ3v) is 6.49. The van der Waals surface area contributed by atoms with Crippen LogP contribution in [-0.2, 0) is 14.6 Å². The van der Waals surface area contributed by atoms with Crippen molar-refractivity contribution in [3.8, 4) is 11.6 Å². The fourth-order valence-electron chi connectivity index (χ4n) is 3.75. The third-order valence-electron chi connectivity index (χ3n) is 5.36. The highest BCUT2D eigenvalue weighted by Gasteiger charge is 2.29. The van der Waals surface area contributed by atoms with Gasteiger partial charge in [-0.15, -0.1) is 0 Å². The van der Waals surface area contributed by atoms with Crippen LogP contribution in [0, 0.1) is 0 Å².